The van der Waals surface area contributed by atoms with Gasteiger partial charge in [-0.3, -0.25) is 0 Å². The minimum atomic E-state index is 0.464. The Kier molecular flexibility index (Phi) is 4.43. The minimum Gasteiger partial charge on any atom is -0.490 e. The van der Waals surface area contributed by atoms with E-state index < -0.39 is 0 Å². The predicted molar refractivity (Wildman–Crippen MR) is 71.4 cm³/mol. The summed E-state index contributed by atoms with van der Waals surface area (Å²) in [6.07, 6.45) is 7.55. The molecule has 1 saturated carbocycles. The van der Waals surface area contributed by atoms with E-state index in [1.54, 1.807) is 0 Å². The second kappa shape index (κ2) is 6.06. The van der Waals surface area contributed by atoms with Crippen molar-refractivity contribution in [2.45, 2.75) is 51.6 Å². The summed E-state index contributed by atoms with van der Waals surface area (Å²) < 4.78 is 6.04. The zero-order valence-corrected chi connectivity index (χ0v) is 10.7. The highest BCUT2D eigenvalue weighted by atomic mass is 16.5. The van der Waals surface area contributed by atoms with Gasteiger partial charge >= 0.3 is 0 Å². The van der Waals surface area contributed by atoms with Crippen molar-refractivity contribution in [3.63, 3.8) is 0 Å². The van der Waals surface area contributed by atoms with E-state index in [4.69, 9.17) is 10.5 Å². The van der Waals surface area contributed by atoms with Crippen LogP contribution in [0.4, 0.5) is 0 Å². The molecule has 0 bridgehead atoms. The number of ether oxygens (including phenoxy) is 1. The molecule has 1 aliphatic rings. The highest BCUT2D eigenvalue weighted by Crippen LogP contribution is 2.29. The Morgan fingerprint density at radius 3 is 2.76 bits per heavy atom. The second-order valence-corrected chi connectivity index (χ2v) is 5.03. The molecule has 1 aromatic rings. The van der Waals surface area contributed by atoms with Gasteiger partial charge in [0.05, 0.1) is 6.10 Å². The number of hydrogen-bond donors (Lipinski definition) is 1. The Morgan fingerprint density at radius 2 is 2.12 bits per heavy atom. The molecule has 0 unspecified atom stereocenters. The lowest BCUT2D eigenvalue weighted by Gasteiger charge is -2.27. The molecule has 0 heterocycles. The van der Waals surface area contributed by atoms with Gasteiger partial charge in [-0.2, -0.15) is 0 Å². The van der Waals surface area contributed by atoms with Gasteiger partial charge in [-0.05, 0) is 63.6 Å². The molecule has 0 amide bonds. The first-order valence-corrected chi connectivity index (χ1v) is 6.76. The SMILES string of the molecule is Cc1ccc(OC2CCC2)c(CCCCN)c1. The standard InChI is InChI=1S/C15H23NO/c1-12-8-9-15(17-14-6-4-7-14)13(11-12)5-2-3-10-16/h8-9,11,14H,2-7,10,16H2,1H3. The van der Waals surface area contributed by atoms with Gasteiger partial charge in [0, 0.05) is 0 Å². The summed E-state index contributed by atoms with van der Waals surface area (Å²) in [4.78, 5) is 0. The van der Waals surface area contributed by atoms with Crippen molar-refractivity contribution >= 4 is 0 Å². The van der Waals surface area contributed by atoms with E-state index in [0.29, 0.717) is 6.10 Å². The van der Waals surface area contributed by atoms with E-state index in [9.17, 15) is 0 Å². The number of unbranched alkanes of at least 4 members (excludes halogenated alkanes) is 1. The van der Waals surface area contributed by atoms with Crippen LogP contribution in [-0.2, 0) is 6.42 Å². The average Bonchev–Trinajstić information content (AvgIpc) is 2.26. The van der Waals surface area contributed by atoms with Gasteiger partial charge in [0.25, 0.3) is 0 Å². The first-order chi connectivity index (χ1) is 8.29. The predicted octanol–water partition coefficient (Wildman–Crippen LogP) is 3.21. The highest BCUT2D eigenvalue weighted by molar-refractivity contribution is 5.37. The van der Waals surface area contributed by atoms with Crippen molar-refractivity contribution in [3.05, 3.63) is 29.3 Å². The first kappa shape index (κ1) is 12.4. The summed E-state index contributed by atoms with van der Waals surface area (Å²) in [5, 5.41) is 0. The van der Waals surface area contributed by atoms with Gasteiger partial charge in [-0.25, -0.2) is 0 Å². The molecule has 2 rings (SSSR count). The van der Waals surface area contributed by atoms with Gasteiger partial charge in [0.1, 0.15) is 5.75 Å². The summed E-state index contributed by atoms with van der Waals surface area (Å²) in [5.74, 6) is 1.09. The Labute approximate surface area is 104 Å². The van der Waals surface area contributed by atoms with E-state index in [-0.39, 0.29) is 0 Å². The van der Waals surface area contributed by atoms with Crippen LogP contribution in [0.15, 0.2) is 18.2 Å². The van der Waals surface area contributed by atoms with Crippen LogP contribution in [0, 0.1) is 6.92 Å². The van der Waals surface area contributed by atoms with Crippen molar-refractivity contribution in [2.24, 2.45) is 5.73 Å². The first-order valence-electron chi connectivity index (χ1n) is 6.76. The van der Waals surface area contributed by atoms with Crippen LogP contribution < -0.4 is 10.5 Å². The monoisotopic (exact) mass is 233 g/mol. The smallest absolute Gasteiger partial charge is 0.122 e. The molecule has 0 spiro atoms. The van der Waals surface area contributed by atoms with Crippen LogP contribution in [0.3, 0.4) is 0 Å². The van der Waals surface area contributed by atoms with E-state index in [1.807, 2.05) is 0 Å². The normalized spacial score (nSPS) is 15.6. The number of benzene rings is 1. The maximum Gasteiger partial charge on any atom is 0.122 e. The molecule has 0 atom stereocenters. The number of rotatable bonds is 6. The lowest BCUT2D eigenvalue weighted by Crippen LogP contribution is -2.25. The quantitative estimate of drug-likeness (QED) is 0.766. The molecule has 2 N–H and O–H groups in total. The Bertz CT molecular complexity index is 358. The molecule has 1 aliphatic carbocycles. The van der Waals surface area contributed by atoms with E-state index in [0.717, 1.165) is 31.6 Å². The maximum absolute atomic E-state index is 6.04. The molecule has 0 saturated heterocycles. The topological polar surface area (TPSA) is 35.2 Å². The molecule has 0 radical (unpaired) electrons. The van der Waals surface area contributed by atoms with Gasteiger partial charge in [0.15, 0.2) is 0 Å². The van der Waals surface area contributed by atoms with Crippen LogP contribution in [0.1, 0.15) is 43.2 Å². The molecular weight excluding hydrogens is 210 g/mol. The molecule has 94 valence electrons. The lowest BCUT2D eigenvalue weighted by atomic mass is 9.96. The Balaban J connectivity index is 2.00. The van der Waals surface area contributed by atoms with Crippen LogP contribution in [-0.4, -0.2) is 12.6 Å². The van der Waals surface area contributed by atoms with E-state index >= 15 is 0 Å². The fourth-order valence-electron chi connectivity index (χ4n) is 2.15. The number of nitrogens with two attached hydrogens (primary N) is 1. The average molecular weight is 233 g/mol. The zero-order valence-electron chi connectivity index (χ0n) is 10.7. The molecule has 2 heteroatoms. The Hall–Kier alpha value is -1.02. The second-order valence-electron chi connectivity index (χ2n) is 5.03. The minimum absolute atomic E-state index is 0.464. The molecule has 0 aliphatic heterocycles. The van der Waals surface area contributed by atoms with Crippen molar-refractivity contribution in [1.82, 2.24) is 0 Å². The molecular formula is C15H23NO. The van der Waals surface area contributed by atoms with Gasteiger partial charge in [-0.1, -0.05) is 17.7 Å². The molecule has 17 heavy (non-hydrogen) atoms. The van der Waals surface area contributed by atoms with Crippen LogP contribution >= 0.6 is 0 Å². The van der Waals surface area contributed by atoms with Crippen LogP contribution in [0.5, 0.6) is 5.75 Å². The fourth-order valence-corrected chi connectivity index (χ4v) is 2.15. The third-order valence-corrected chi connectivity index (χ3v) is 3.46. The third-order valence-electron chi connectivity index (χ3n) is 3.46. The fraction of sp³-hybridized carbons (Fsp3) is 0.600. The molecule has 2 nitrogen and oxygen atoms in total. The van der Waals surface area contributed by atoms with Crippen molar-refractivity contribution in [2.75, 3.05) is 6.54 Å². The van der Waals surface area contributed by atoms with Crippen molar-refractivity contribution in [3.8, 4) is 5.75 Å². The summed E-state index contributed by atoms with van der Waals surface area (Å²) in [6.45, 7) is 2.92. The number of aryl methyl sites for hydroxylation is 2. The largest absolute Gasteiger partial charge is 0.490 e. The summed E-state index contributed by atoms with van der Waals surface area (Å²) in [7, 11) is 0. The van der Waals surface area contributed by atoms with Gasteiger partial charge in [-0.15, -0.1) is 0 Å². The molecule has 1 aromatic carbocycles. The van der Waals surface area contributed by atoms with E-state index in [1.165, 1.54) is 30.4 Å². The maximum atomic E-state index is 6.04. The summed E-state index contributed by atoms with van der Waals surface area (Å²) >= 11 is 0. The summed E-state index contributed by atoms with van der Waals surface area (Å²) in [5.41, 5.74) is 8.21. The highest BCUT2D eigenvalue weighted by Gasteiger charge is 2.20. The molecule has 0 aromatic heterocycles. The lowest BCUT2D eigenvalue weighted by molar-refractivity contribution is 0.119. The summed E-state index contributed by atoms with van der Waals surface area (Å²) in [6, 6.07) is 6.52. The van der Waals surface area contributed by atoms with Gasteiger partial charge in [0.2, 0.25) is 0 Å². The zero-order chi connectivity index (χ0) is 12.1. The van der Waals surface area contributed by atoms with E-state index in [2.05, 4.69) is 25.1 Å². The van der Waals surface area contributed by atoms with Crippen molar-refractivity contribution < 1.29 is 4.74 Å². The Morgan fingerprint density at radius 1 is 1.29 bits per heavy atom. The molecule has 1 fully saturated rings. The number of hydrogen-bond acceptors (Lipinski definition) is 2. The van der Waals surface area contributed by atoms with Crippen LogP contribution in [0.25, 0.3) is 0 Å². The third kappa shape index (κ3) is 3.47. The van der Waals surface area contributed by atoms with Crippen molar-refractivity contribution in [1.29, 1.82) is 0 Å². The van der Waals surface area contributed by atoms with Gasteiger partial charge < -0.3 is 10.5 Å². The van der Waals surface area contributed by atoms with Crippen LogP contribution in [0.2, 0.25) is 0 Å².